The maximum Gasteiger partial charge on any atom is 0.257 e. The second-order valence-corrected chi connectivity index (χ2v) is 10.6. The second-order valence-electron chi connectivity index (χ2n) is 9.57. The molecule has 0 saturated carbocycles. The summed E-state index contributed by atoms with van der Waals surface area (Å²) in [6.07, 6.45) is 2.91. The number of hydrogen-bond acceptors (Lipinski definition) is 4. The number of benzene rings is 2. The average molecular weight is 545 g/mol. The van der Waals surface area contributed by atoms with E-state index in [9.17, 15) is 4.79 Å². The van der Waals surface area contributed by atoms with Gasteiger partial charge < -0.3 is 4.90 Å². The molecule has 0 bridgehead atoms. The van der Waals surface area contributed by atoms with Gasteiger partial charge in [0.05, 0.1) is 0 Å². The van der Waals surface area contributed by atoms with Crippen molar-refractivity contribution < 1.29 is 0 Å². The van der Waals surface area contributed by atoms with Crippen molar-refractivity contribution >= 4 is 42.1 Å². The van der Waals surface area contributed by atoms with Crippen LogP contribution in [0.15, 0.2) is 64.1 Å². The predicted molar refractivity (Wildman–Crippen MR) is 156 cm³/mol. The molecule has 1 fully saturated rings. The Bertz CT molecular complexity index is 1230. The van der Waals surface area contributed by atoms with Crippen LogP contribution >= 0.6 is 36.6 Å². The lowest BCUT2D eigenvalue weighted by Crippen LogP contribution is -2.35. The molecule has 2 aliphatic rings. The van der Waals surface area contributed by atoms with E-state index in [-0.39, 0.29) is 30.4 Å². The van der Waals surface area contributed by atoms with Gasteiger partial charge >= 0.3 is 0 Å². The van der Waals surface area contributed by atoms with Gasteiger partial charge in [0, 0.05) is 43.2 Å². The Morgan fingerprint density at radius 2 is 1.42 bits per heavy atom. The number of thioether (sulfide) groups is 1. The zero-order valence-corrected chi connectivity index (χ0v) is 23.7. The largest absolute Gasteiger partial charge is 0.302 e. The van der Waals surface area contributed by atoms with Crippen molar-refractivity contribution in [3.8, 4) is 0 Å². The molecule has 4 nitrogen and oxygen atoms in total. The Kier molecular flexibility index (Phi) is 9.87. The van der Waals surface area contributed by atoms with Gasteiger partial charge in [0.1, 0.15) is 0 Å². The minimum absolute atomic E-state index is 0. The van der Waals surface area contributed by atoms with Crippen LogP contribution in [0.4, 0.5) is 0 Å². The van der Waals surface area contributed by atoms with Crippen LogP contribution in [0, 0.1) is 20.8 Å². The molecule has 0 radical (unpaired) electrons. The summed E-state index contributed by atoms with van der Waals surface area (Å²) >= 11 is 1.69. The third-order valence-electron chi connectivity index (χ3n) is 7.15. The normalized spacial score (nSPS) is 15.1. The molecule has 0 N–H and O–H groups in total. The van der Waals surface area contributed by atoms with E-state index in [0.717, 1.165) is 67.6 Å². The zero-order chi connectivity index (χ0) is 23.7. The summed E-state index contributed by atoms with van der Waals surface area (Å²) in [6.45, 7) is 10.0. The first-order chi connectivity index (χ1) is 16.5. The number of aromatic nitrogens is 2. The molecule has 192 valence electrons. The number of piperidine rings is 1. The maximum absolute atomic E-state index is 12.9. The monoisotopic (exact) mass is 543 g/mol. The Hall–Kier alpha value is -2.05. The third-order valence-corrected chi connectivity index (χ3v) is 8.11. The summed E-state index contributed by atoms with van der Waals surface area (Å²) in [6, 6.07) is 17.9. The zero-order valence-electron chi connectivity index (χ0n) is 21.3. The van der Waals surface area contributed by atoms with Crippen LogP contribution in [-0.2, 0) is 13.0 Å². The molecule has 0 atom stereocenters. The lowest BCUT2D eigenvalue weighted by Gasteiger charge is -2.30. The molecule has 3 heterocycles. The second kappa shape index (κ2) is 12.5. The van der Waals surface area contributed by atoms with Crippen molar-refractivity contribution in [2.75, 3.05) is 25.4 Å². The Labute approximate surface area is 231 Å². The van der Waals surface area contributed by atoms with Crippen LogP contribution in [-0.4, -0.2) is 39.8 Å². The summed E-state index contributed by atoms with van der Waals surface area (Å²) < 4.78 is 1.86. The van der Waals surface area contributed by atoms with Gasteiger partial charge in [0.2, 0.25) is 0 Å². The highest BCUT2D eigenvalue weighted by molar-refractivity contribution is 7.99. The van der Waals surface area contributed by atoms with Gasteiger partial charge in [-0.1, -0.05) is 77.0 Å². The number of halogens is 2. The van der Waals surface area contributed by atoms with Gasteiger partial charge in [0.15, 0.2) is 5.16 Å². The van der Waals surface area contributed by atoms with Gasteiger partial charge in [-0.2, -0.15) is 0 Å². The minimum atomic E-state index is 0. The van der Waals surface area contributed by atoms with Gasteiger partial charge in [-0.05, 0) is 56.7 Å². The Balaban J connectivity index is 0.00000180. The fraction of sp³-hybridized carbons (Fsp3) is 0.379. The van der Waals surface area contributed by atoms with Gasteiger partial charge in [-0.3, -0.25) is 9.36 Å². The molecule has 2 aliphatic heterocycles. The highest BCUT2D eigenvalue weighted by Crippen LogP contribution is 2.33. The molecule has 3 aromatic rings. The van der Waals surface area contributed by atoms with Crippen molar-refractivity contribution in [1.29, 1.82) is 0 Å². The topological polar surface area (TPSA) is 38.1 Å². The van der Waals surface area contributed by atoms with Crippen molar-refractivity contribution in [2.45, 2.75) is 51.7 Å². The lowest BCUT2D eigenvalue weighted by atomic mass is 9.88. The molecular weight excluding hydrogens is 509 g/mol. The van der Waals surface area contributed by atoms with Crippen LogP contribution in [0.3, 0.4) is 0 Å². The average Bonchev–Trinajstić information content (AvgIpc) is 3.31. The number of nitrogens with zero attached hydrogens (tertiary/aromatic N) is 3. The van der Waals surface area contributed by atoms with E-state index in [4.69, 9.17) is 4.98 Å². The van der Waals surface area contributed by atoms with Crippen molar-refractivity contribution in [1.82, 2.24) is 14.5 Å². The first-order valence-electron chi connectivity index (χ1n) is 12.3. The summed E-state index contributed by atoms with van der Waals surface area (Å²) in [5.74, 6) is 0.955. The Morgan fingerprint density at radius 1 is 0.861 bits per heavy atom. The molecule has 0 amide bonds. The third kappa shape index (κ3) is 6.08. The summed E-state index contributed by atoms with van der Waals surface area (Å²) in [7, 11) is 0. The van der Waals surface area contributed by atoms with E-state index < -0.39 is 0 Å². The lowest BCUT2D eigenvalue weighted by molar-refractivity contribution is 0.259. The highest BCUT2D eigenvalue weighted by atomic mass is 35.5. The number of aryl methyl sites for hydroxylation is 3. The number of rotatable bonds is 5. The molecule has 1 aromatic heterocycles. The van der Waals surface area contributed by atoms with E-state index >= 15 is 0 Å². The van der Waals surface area contributed by atoms with Crippen LogP contribution in [0.25, 0.3) is 5.57 Å². The minimum Gasteiger partial charge on any atom is -0.302 e. The van der Waals surface area contributed by atoms with Gasteiger partial charge in [-0.25, -0.2) is 4.98 Å². The fourth-order valence-electron chi connectivity index (χ4n) is 5.08. The molecule has 1 saturated heterocycles. The molecule has 0 unspecified atom stereocenters. The summed E-state index contributed by atoms with van der Waals surface area (Å²) in [5, 5.41) is 0.888. The van der Waals surface area contributed by atoms with Gasteiger partial charge in [0.25, 0.3) is 5.56 Å². The van der Waals surface area contributed by atoms with Crippen molar-refractivity contribution in [3.63, 3.8) is 0 Å². The van der Waals surface area contributed by atoms with Gasteiger partial charge in [-0.15, -0.1) is 24.8 Å². The first-order valence-corrected chi connectivity index (χ1v) is 13.3. The van der Waals surface area contributed by atoms with E-state index in [1.807, 2.05) is 11.5 Å². The summed E-state index contributed by atoms with van der Waals surface area (Å²) in [4.78, 5) is 20.1. The maximum atomic E-state index is 12.9. The van der Waals surface area contributed by atoms with Crippen LogP contribution in [0.2, 0.25) is 0 Å². The Morgan fingerprint density at radius 3 is 1.97 bits per heavy atom. The van der Waals surface area contributed by atoms with Crippen molar-refractivity contribution in [3.05, 3.63) is 98.0 Å². The molecule has 36 heavy (non-hydrogen) atoms. The SMILES string of the molecule is Cc1ccc(C(=C2CCN(CCc3c(C)nc4n(c3=O)CCS4)CC2)c2ccc(C)cc2)cc1.Cl.Cl. The smallest absolute Gasteiger partial charge is 0.257 e. The molecule has 0 aliphatic carbocycles. The van der Waals surface area contributed by atoms with E-state index in [1.54, 1.807) is 11.8 Å². The first kappa shape index (κ1) is 28.5. The van der Waals surface area contributed by atoms with Crippen LogP contribution in [0.5, 0.6) is 0 Å². The summed E-state index contributed by atoms with van der Waals surface area (Å²) in [5.41, 5.74) is 10.1. The fourth-order valence-corrected chi connectivity index (χ4v) is 6.07. The number of likely N-dealkylation sites (tertiary alicyclic amines) is 1. The van der Waals surface area contributed by atoms with Crippen LogP contribution < -0.4 is 5.56 Å². The molecule has 5 rings (SSSR count). The quantitative estimate of drug-likeness (QED) is 0.356. The molecule has 0 spiro atoms. The highest BCUT2D eigenvalue weighted by Gasteiger charge is 2.22. The number of hydrogen-bond donors (Lipinski definition) is 0. The van der Waals surface area contributed by atoms with Crippen molar-refractivity contribution in [2.24, 2.45) is 0 Å². The van der Waals surface area contributed by atoms with E-state index in [1.165, 1.54) is 33.4 Å². The van der Waals surface area contributed by atoms with E-state index in [2.05, 4.69) is 67.3 Å². The number of fused-ring (bicyclic) bond motifs is 1. The molecule has 7 heteroatoms. The molecular formula is C29H35Cl2N3OS. The van der Waals surface area contributed by atoms with E-state index in [0.29, 0.717) is 0 Å². The molecule has 2 aromatic carbocycles. The standard InChI is InChI=1S/C29H33N3OS.2ClH/c1-20-4-8-23(9-5-20)27(24-10-6-21(2)7-11-24)25-12-15-31(16-13-25)17-14-26-22(3)30-29-32(28(26)33)18-19-34-29;;/h4-11H,12-19H2,1-3H3;2*1H. The predicted octanol–water partition coefficient (Wildman–Crippen LogP) is 6.26. The van der Waals surface area contributed by atoms with Crippen LogP contribution in [0.1, 0.15) is 46.4 Å².